The number of unbranched alkanes of at least 4 members (excludes halogenated alkanes) is 3. The van der Waals surface area contributed by atoms with Gasteiger partial charge in [0.1, 0.15) is 0 Å². The van der Waals surface area contributed by atoms with E-state index in [1.165, 1.54) is 0 Å². The summed E-state index contributed by atoms with van der Waals surface area (Å²) in [5.41, 5.74) is 5.27. The first-order chi connectivity index (χ1) is 5.31. The number of carbonyl (C=O) groups is 1. The molecule has 66 valence electrons. The summed E-state index contributed by atoms with van der Waals surface area (Å²) >= 11 is 0. The minimum absolute atomic E-state index is 0.293. The van der Waals surface area contributed by atoms with Gasteiger partial charge < -0.3 is 10.6 Å². The van der Waals surface area contributed by atoms with Crippen molar-refractivity contribution in [3.05, 3.63) is 0 Å². The van der Waals surface area contributed by atoms with Crippen LogP contribution in [-0.4, -0.2) is 17.8 Å². The molecule has 0 saturated carbocycles. The Hall–Kier alpha value is -0.610. The lowest BCUT2D eigenvalue weighted by Crippen LogP contribution is -2.01. The predicted octanol–water partition coefficient (Wildman–Crippen LogP) is 0.912. The first kappa shape index (κ1) is 10.4. The maximum atomic E-state index is 10.3. The van der Waals surface area contributed by atoms with Crippen molar-refractivity contribution in [1.29, 1.82) is 0 Å². The lowest BCUT2D eigenvalue weighted by atomic mass is 10.1. The third-order valence-corrected chi connectivity index (χ3v) is 1.44. The van der Waals surface area contributed by atoms with E-state index in [2.05, 4.69) is 4.89 Å². The van der Waals surface area contributed by atoms with Crippen LogP contribution in [0.5, 0.6) is 0 Å². The van der Waals surface area contributed by atoms with E-state index in [0.29, 0.717) is 13.0 Å². The third kappa shape index (κ3) is 7.29. The molecule has 0 heterocycles. The Bertz CT molecular complexity index is 106. The maximum absolute atomic E-state index is 10.3. The van der Waals surface area contributed by atoms with Crippen LogP contribution in [0.2, 0.25) is 0 Å². The Kier molecular flexibility index (Phi) is 7.08. The van der Waals surface area contributed by atoms with Gasteiger partial charge in [-0.05, 0) is 19.4 Å². The Morgan fingerprint density at radius 2 is 1.91 bits per heavy atom. The molecular formula is C7H15NO3. The van der Waals surface area contributed by atoms with Gasteiger partial charge >= 0.3 is 5.97 Å². The number of carbonyl (C=O) groups excluding carboxylic acids is 1. The highest BCUT2D eigenvalue weighted by Gasteiger charge is 1.99. The van der Waals surface area contributed by atoms with Crippen LogP contribution in [0.4, 0.5) is 0 Å². The van der Waals surface area contributed by atoms with Crippen LogP contribution in [0.25, 0.3) is 0 Å². The molecule has 0 aromatic heterocycles. The molecule has 3 N–H and O–H groups in total. The van der Waals surface area contributed by atoms with Gasteiger partial charge in [-0.3, -0.25) is 0 Å². The smallest absolute Gasteiger partial charge is 0.330 e. The van der Waals surface area contributed by atoms with E-state index in [1.807, 2.05) is 0 Å². The van der Waals surface area contributed by atoms with E-state index in [9.17, 15) is 4.79 Å². The SMILES string of the molecule is NCCCCCCC(=O)OO. The zero-order valence-electron chi connectivity index (χ0n) is 6.58. The molecule has 0 aromatic rings. The standard InChI is InChI=1S/C7H15NO3/c8-6-4-2-1-3-5-7(9)11-10/h10H,1-6,8H2. The van der Waals surface area contributed by atoms with Crippen LogP contribution in [0.1, 0.15) is 32.1 Å². The van der Waals surface area contributed by atoms with Crippen molar-refractivity contribution < 1.29 is 14.9 Å². The molecule has 0 amide bonds. The van der Waals surface area contributed by atoms with Gasteiger partial charge in [0.15, 0.2) is 0 Å². The normalized spacial score (nSPS) is 9.64. The second-order valence-corrected chi connectivity index (χ2v) is 2.42. The molecule has 4 heteroatoms. The Labute approximate surface area is 66.3 Å². The van der Waals surface area contributed by atoms with Gasteiger partial charge in [-0.2, -0.15) is 5.26 Å². The zero-order valence-corrected chi connectivity index (χ0v) is 6.58. The first-order valence-corrected chi connectivity index (χ1v) is 3.85. The highest BCUT2D eigenvalue weighted by atomic mass is 17.1. The molecule has 0 bridgehead atoms. The van der Waals surface area contributed by atoms with Gasteiger partial charge in [0, 0.05) is 6.42 Å². The van der Waals surface area contributed by atoms with Crippen LogP contribution in [0.15, 0.2) is 0 Å². The van der Waals surface area contributed by atoms with E-state index < -0.39 is 5.97 Å². The van der Waals surface area contributed by atoms with E-state index >= 15 is 0 Å². The fraction of sp³-hybridized carbons (Fsp3) is 0.857. The molecule has 0 aliphatic heterocycles. The molecule has 0 unspecified atom stereocenters. The summed E-state index contributed by atoms with van der Waals surface area (Å²) in [4.78, 5) is 13.8. The predicted molar refractivity (Wildman–Crippen MR) is 40.9 cm³/mol. The molecule has 0 aromatic carbocycles. The van der Waals surface area contributed by atoms with Crippen LogP contribution >= 0.6 is 0 Å². The van der Waals surface area contributed by atoms with Crippen molar-refractivity contribution in [3.8, 4) is 0 Å². The van der Waals surface area contributed by atoms with Gasteiger partial charge in [-0.1, -0.05) is 12.8 Å². The Balaban J connectivity index is 2.95. The van der Waals surface area contributed by atoms with Crippen molar-refractivity contribution >= 4 is 5.97 Å². The van der Waals surface area contributed by atoms with Gasteiger partial charge in [0.05, 0.1) is 0 Å². The Morgan fingerprint density at radius 3 is 2.45 bits per heavy atom. The van der Waals surface area contributed by atoms with Crippen molar-refractivity contribution in [3.63, 3.8) is 0 Å². The topological polar surface area (TPSA) is 72.6 Å². The van der Waals surface area contributed by atoms with Gasteiger partial charge in [0.25, 0.3) is 0 Å². The highest BCUT2D eigenvalue weighted by Crippen LogP contribution is 2.02. The average Bonchev–Trinajstić information content (AvgIpc) is 2.04. The van der Waals surface area contributed by atoms with E-state index in [4.69, 9.17) is 11.0 Å². The van der Waals surface area contributed by atoms with Crippen molar-refractivity contribution in [2.75, 3.05) is 6.54 Å². The molecule has 0 fully saturated rings. The molecular weight excluding hydrogens is 146 g/mol. The summed E-state index contributed by atoms with van der Waals surface area (Å²) in [5, 5.41) is 7.87. The van der Waals surface area contributed by atoms with E-state index in [-0.39, 0.29) is 0 Å². The van der Waals surface area contributed by atoms with Crippen LogP contribution in [0.3, 0.4) is 0 Å². The number of hydrogen-bond acceptors (Lipinski definition) is 4. The zero-order chi connectivity index (χ0) is 8.53. The lowest BCUT2D eigenvalue weighted by Gasteiger charge is -1.97. The summed E-state index contributed by atoms with van der Waals surface area (Å²) in [6.45, 7) is 0.699. The second kappa shape index (κ2) is 7.50. The summed E-state index contributed by atoms with van der Waals surface area (Å²) in [7, 11) is 0. The van der Waals surface area contributed by atoms with Crippen molar-refractivity contribution in [2.24, 2.45) is 5.73 Å². The van der Waals surface area contributed by atoms with Gasteiger partial charge in [-0.15, -0.1) is 0 Å². The highest BCUT2D eigenvalue weighted by molar-refractivity contribution is 5.68. The second-order valence-electron chi connectivity index (χ2n) is 2.42. The van der Waals surface area contributed by atoms with Gasteiger partial charge in [0.2, 0.25) is 0 Å². The molecule has 0 atom stereocenters. The van der Waals surface area contributed by atoms with E-state index in [0.717, 1.165) is 25.7 Å². The van der Waals surface area contributed by atoms with Crippen molar-refractivity contribution in [1.82, 2.24) is 0 Å². The molecule has 0 aliphatic carbocycles. The van der Waals surface area contributed by atoms with E-state index in [1.54, 1.807) is 0 Å². The molecule has 11 heavy (non-hydrogen) atoms. The largest absolute Gasteiger partial charge is 0.342 e. The minimum Gasteiger partial charge on any atom is -0.330 e. The fourth-order valence-corrected chi connectivity index (χ4v) is 0.813. The molecule has 0 rings (SSSR count). The molecule has 4 nitrogen and oxygen atoms in total. The summed E-state index contributed by atoms with van der Waals surface area (Å²) in [6, 6.07) is 0. The number of hydrogen-bond donors (Lipinski definition) is 2. The first-order valence-electron chi connectivity index (χ1n) is 3.85. The number of rotatable bonds is 6. The van der Waals surface area contributed by atoms with Crippen LogP contribution in [-0.2, 0) is 9.68 Å². The summed E-state index contributed by atoms with van der Waals surface area (Å²) in [5.74, 6) is -0.558. The molecule has 0 radical (unpaired) electrons. The summed E-state index contributed by atoms with van der Waals surface area (Å²) < 4.78 is 0. The van der Waals surface area contributed by atoms with Crippen LogP contribution in [0, 0.1) is 0 Å². The van der Waals surface area contributed by atoms with Crippen molar-refractivity contribution in [2.45, 2.75) is 32.1 Å². The number of nitrogens with two attached hydrogens (primary N) is 1. The summed E-state index contributed by atoms with van der Waals surface area (Å²) in [6.07, 6.45) is 4.05. The fourth-order valence-electron chi connectivity index (χ4n) is 0.813. The monoisotopic (exact) mass is 161 g/mol. The third-order valence-electron chi connectivity index (χ3n) is 1.44. The maximum Gasteiger partial charge on any atom is 0.342 e. The molecule has 0 spiro atoms. The van der Waals surface area contributed by atoms with Crippen LogP contribution < -0.4 is 5.73 Å². The van der Waals surface area contributed by atoms with Gasteiger partial charge in [-0.25, -0.2) is 4.79 Å². The molecule has 0 aliphatic rings. The molecule has 0 saturated heterocycles. The quantitative estimate of drug-likeness (QED) is 0.345. The lowest BCUT2D eigenvalue weighted by molar-refractivity contribution is -0.234. The minimum atomic E-state index is -0.558. The Morgan fingerprint density at radius 1 is 1.27 bits per heavy atom. The average molecular weight is 161 g/mol.